The minimum atomic E-state index is -0.270. The van der Waals surface area contributed by atoms with Crippen molar-refractivity contribution in [1.82, 2.24) is 0 Å². The Morgan fingerprint density at radius 2 is 1.92 bits per heavy atom. The van der Waals surface area contributed by atoms with Gasteiger partial charge in [0.2, 0.25) is 0 Å². The van der Waals surface area contributed by atoms with Crippen molar-refractivity contribution in [1.29, 1.82) is 0 Å². The molecule has 4 bridgehead atoms. The molecule has 4 fully saturated rings. The van der Waals surface area contributed by atoms with Gasteiger partial charge in [-0.05, 0) is 55.8 Å². The van der Waals surface area contributed by atoms with Gasteiger partial charge >= 0.3 is 0 Å². The molecule has 1 radical (unpaired) electrons. The van der Waals surface area contributed by atoms with Gasteiger partial charge in [-0.25, -0.2) is 0 Å². The van der Waals surface area contributed by atoms with Crippen molar-refractivity contribution in [3.8, 4) is 0 Å². The molecule has 3 unspecified atom stereocenters. The number of hydrogen-bond acceptors (Lipinski definition) is 1. The second-order valence-electron chi connectivity index (χ2n) is 5.51. The lowest BCUT2D eigenvalue weighted by Gasteiger charge is -2.58. The molecule has 0 aromatic heterocycles. The van der Waals surface area contributed by atoms with E-state index in [0.29, 0.717) is 5.92 Å². The summed E-state index contributed by atoms with van der Waals surface area (Å²) in [6.07, 6.45) is 7.46. The molecule has 0 heterocycles. The van der Waals surface area contributed by atoms with Crippen LogP contribution in [-0.4, -0.2) is 10.7 Å². The van der Waals surface area contributed by atoms with E-state index in [2.05, 4.69) is 6.92 Å². The highest BCUT2D eigenvalue weighted by atomic mass is 16.3. The van der Waals surface area contributed by atoms with Crippen molar-refractivity contribution in [2.75, 3.05) is 0 Å². The van der Waals surface area contributed by atoms with E-state index < -0.39 is 0 Å². The molecular formula is C12H19O. The lowest BCUT2D eigenvalue weighted by Crippen LogP contribution is -2.56. The van der Waals surface area contributed by atoms with E-state index in [1.165, 1.54) is 19.3 Å². The molecule has 0 saturated heterocycles. The molecule has 73 valence electrons. The molecule has 4 saturated carbocycles. The quantitative estimate of drug-likeness (QED) is 0.656. The maximum Gasteiger partial charge on any atom is 0.0686 e. The monoisotopic (exact) mass is 179 g/mol. The van der Waals surface area contributed by atoms with E-state index in [1.54, 1.807) is 5.92 Å². The predicted molar refractivity (Wildman–Crippen MR) is 52.0 cm³/mol. The summed E-state index contributed by atoms with van der Waals surface area (Å²) in [6.45, 7) is 2.23. The first-order valence-electron chi connectivity index (χ1n) is 5.78. The Labute approximate surface area is 80.5 Å². The summed E-state index contributed by atoms with van der Waals surface area (Å²) in [6, 6.07) is 0. The first-order valence-corrected chi connectivity index (χ1v) is 5.78. The van der Waals surface area contributed by atoms with E-state index in [0.717, 1.165) is 31.1 Å². The highest BCUT2D eigenvalue weighted by molar-refractivity contribution is 5.19. The fraction of sp³-hybridized carbons (Fsp3) is 0.917. The summed E-state index contributed by atoms with van der Waals surface area (Å²) in [5.41, 5.74) is -0.270. The topological polar surface area (TPSA) is 20.2 Å². The molecular weight excluding hydrogens is 160 g/mol. The first-order chi connectivity index (χ1) is 6.21. The molecule has 1 nitrogen and oxygen atoms in total. The molecule has 0 aliphatic heterocycles. The molecule has 4 aliphatic rings. The first kappa shape index (κ1) is 8.28. The van der Waals surface area contributed by atoms with E-state index in [1.807, 2.05) is 0 Å². The van der Waals surface area contributed by atoms with E-state index in [9.17, 15) is 5.11 Å². The highest BCUT2D eigenvalue weighted by Crippen LogP contribution is 2.60. The second kappa shape index (κ2) is 2.50. The largest absolute Gasteiger partial charge is 0.390 e. The van der Waals surface area contributed by atoms with Crippen LogP contribution < -0.4 is 0 Å². The lowest BCUT2D eigenvalue weighted by atomic mass is 9.49. The van der Waals surface area contributed by atoms with E-state index in [4.69, 9.17) is 0 Å². The summed E-state index contributed by atoms with van der Waals surface area (Å²) >= 11 is 0. The van der Waals surface area contributed by atoms with Gasteiger partial charge in [-0.15, -0.1) is 0 Å². The van der Waals surface area contributed by atoms with Gasteiger partial charge in [0.25, 0.3) is 0 Å². The predicted octanol–water partition coefficient (Wildman–Crippen LogP) is 2.54. The van der Waals surface area contributed by atoms with Gasteiger partial charge in [-0.3, -0.25) is 0 Å². The summed E-state index contributed by atoms with van der Waals surface area (Å²) in [4.78, 5) is 0. The van der Waals surface area contributed by atoms with Crippen molar-refractivity contribution in [3.63, 3.8) is 0 Å². The standard InChI is InChI=1S/C12H19O/c1-2-11-10-4-8-3-9(5-10)7-12(11,13)6-8/h8-9,11,13H,2-7H2,1H3. The van der Waals surface area contributed by atoms with Crippen LogP contribution in [0, 0.1) is 23.7 Å². The minimum Gasteiger partial charge on any atom is -0.390 e. The third kappa shape index (κ3) is 1.03. The van der Waals surface area contributed by atoms with Gasteiger partial charge in [0.15, 0.2) is 0 Å². The van der Waals surface area contributed by atoms with Crippen LogP contribution in [0.2, 0.25) is 0 Å². The SMILES string of the molecule is CCC1[C]2CC3CC(C2)CC1(O)C3. The average molecular weight is 179 g/mol. The van der Waals surface area contributed by atoms with Crippen LogP contribution in [-0.2, 0) is 0 Å². The smallest absolute Gasteiger partial charge is 0.0686 e. The molecule has 1 heteroatoms. The molecule has 0 aromatic carbocycles. The van der Waals surface area contributed by atoms with Crippen LogP contribution in [0.25, 0.3) is 0 Å². The van der Waals surface area contributed by atoms with Crippen LogP contribution in [0.3, 0.4) is 0 Å². The van der Waals surface area contributed by atoms with Crippen molar-refractivity contribution in [3.05, 3.63) is 5.92 Å². The Balaban J connectivity index is 1.93. The highest BCUT2D eigenvalue weighted by Gasteiger charge is 2.55. The molecule has 3 atom stereocenters. The number of aliphatic hydroxyl groups is 1. The molecule has 4 rings (SSSR count). The third-order valence-electron chi connectivity index (χ3n) is 4.60. The van der Waals surface area contributed by atoms with Gasteiger partial charge in [0, 0.05) is 0 Å². The lowest BCUT2D eigenvalue weighted by molar-refractivity contribution is -0.127. The summed E-state index contributed by atoms with van der Waals surface area (Å²) < 4.78 is 0. The Morgan fingerprint density at radius 3 is 2.38 bits per heavy atom. The Hall–Kier alpha value is -0.0400. The maximum atomic E-state index is 10.5. The molecule has 13 heavy (non-hydrogen) atoms. The van der Waals surface area contributed by atoms with Crippen LogP contribution >= 0.6 is 0 Å². The molecule has 0 spiro atoms. The van der Waals surface area contributed by atoms with Crippen molar-refractivity contribution in [2.45, 2.75) is 51.0 Å². The van der Waals surface area contributed by atoms with Gasteiger partial charge in [-0.1, -0.05) is 13.3 Å². The minimum absolute atomic E-state index is 0.270. The van der Waals surface area contributed by atoms with Crippen LogP contribution in [0.4, 0.5) is 0 Å². The summed E-state index contributed by atoms with van der Waals surface area (Å²) in [5.74, 6) is 3.95. The van der Waals surface area contributed by atoms with Crippen molar-refractivity contribution >= 4 is 0 Å². The fourth-order valence-electron chi connectivity index (χ4n) is 4.47. The van der Waals surface area contributed by atoms with Crippen LogP contribution in [0.5, 0.6) is 0 Å². The molecule has 4 aliphatic carbocycles. The fourth-order valence-corrected chi connectivity index (χ4v) is 4.47. The molecule has 1 N–H and O–H groups in total. The normalized spacial score (nSPS) is 54.5. The zero-order valence-corrected chi connectivity index (χ0v) is 8.42. The van der Waals surface area contributed by atoms with Crippen molar-refractivity contribution < 1.29 is 5.11 Å². The Morgan fingerprint density at radius 1 is 1.31 bits per heavy atom. The van der Waals surface area contributed by atoms with E-state index in [-0.39, 0.29) is 5.60 Å². The number of rotatable bonds is 1. The van der Waals surface area contributed by atoms with Gasteiger partial charge in [0.1, 0.15) is 0 Å². The third-order valence-corrected chi connectivity index (χ3v) is 4.60. The maximum absolute atomic E-state index is 10.5. The molecule has 0 aromatic rings. The van der Waals surface area contributed by atoms with Crippen LogP contribution in [0.1, 0.15) is 45.4 Å². The van der Waals surface area contributed by atoms with Gasteiger partial charge in [0.05, 0.1) is 5.60 Å². The summed E-state index contributed by atoms with van der Waals surface area (Å²) in [5, 5.41) is 10.5. The number of hydrogen-bond donors (Lipinski definition) is 1. The average Bonchev–Trinajstić information content (AvgIpc) is 2.00. The zero-order valence-electron chi connectivity index (χ0n) is 8.42. The van der Waals surface area contributed by atoms with Crippen molar-refractivity contribution in [2.24, 2.45) is 17.8 Å². The zero-order chi connectivity index (χ0) is 9.05. The van der Waals surface area contributed by atoms with E-state index >= 15 is 0 Å². The Bertz CT molecular complexity index is 209. The van der Waals surface area contributed by atoms with Gasteiger partial charge < -0.3 is 5.11 Å². The summed E-state index contributed by atoms with van der Waals surface area (Å²) in [7, 11) is 0. The van der Waals surface area contributed by atoms with Gasteiger partial charge in [-0.2, -0.15) is 0 Å². The second-order valence-corrected chi connectivity index (χ2v) is 5.51. The van der Waals surface area contributed by atoms with Crippen LogP contribution in [0.15, 0.2) is 0 Å². The Kier molecular flexibility index (Phi) is 1.59. The molecule has 0 amide bonds.